The van der Waals surface area contributed by atoms with E-state index in [2.05, 4.69) is 9.44 Å². The molecule has 0 heterocycles. The summed E-state index contributed by atoms with van der Waals surface area (Å²) in [5.74, 6) is -0.103. The van der Waals surface area contributed by atoms with Crippen LogP contribution < -0.4 is 15.2 Å². The number of nitrogens with one attached hydrogen (secondary N) is 3. The van der Waals surface area contributed by atoms with Crippen LogP contribution in [0.3, 0.4) is 0 Å². The minimum absolute atomic E-state index is 0.103. The Morgan fingerprint density at radius 3 is 2.29 bits per heavy atom. The summed E-state index contributed by atoms with van der Waals surface area (Å²) >= 11 is 0. The zero-order valence-electron chi connectivity index (χ0n) is 8.13. The minimum Gasteiger partial charge on any atom is -0.386 e. The van der Waals surface area contributed by atoms with Crippen LogP contribution in [0.1, 0.15) is 25.7 Å². The first-order valence-electron chi connectivity index (χ1n) is 4.49. The van der Waals surface area contributed by atoms with Gasteiger partial charge in [-0.2, -0.15) is 13.1 Å². The van der Waals surface area contributed by atoms with E-state index in [0.29, 0.717) is 12.8 Å². The van der Waals surface area contributed by atoms with Gasteiger partial charge in [-0.05, 0) is 12.8 Å². The smallest absolute Gasteiger partial charge is 0.277 e. The van der Waals surface area contributed by atoms with E-state index in [1.807, 2.05) is 0 Å². The molecule has 0 aromatic carbocycles. The van der Waals surface area contributed by atoms with Crippen LogP contribution in [-0.4, -0.2) is 26.8 Å². The monoisotopic (exact) mass is 220 g/mol. The zero-order valence-corrected chi connectivity index (χ0v) is 8.95. The maximum Gasteiger partial charge on any atom is 0.277 e. The lowest BCUT2D eigenvalue weighted by Crippen LogP contribution is -2.57. The molecule has 1 fully saturated rings. The lowest BCUT2D eigenvalue weighted by molar-refractivity contribution is 0.491. The molecule has 0 aromatic heterocycles. The summed E-state index contributed by atoms with van der Waals surface area (Å²) in [4.78, 5) is 0. The molecular formula is C7H16N4O2S. The summed E-state index contributed by atoms with van der Waals surface area (Å²) in [6.45, 7) is 0. The van der Waals surface area contributed by atoms with E-state index in [1.165, 1.54) is 7.05 Å². The van der Waals surface area contributed by atoms with Crippen LogP contribution >= 0.6 is 0 Å². The molecule has 0 bridgehead atoms. The molecule has 1 aliphatic carbocycles. The summed E-state index contributed by atoms with van der Waals surface area (Å²) in [6, 6.07) is 0. The summed E-state index contributed by atoms with van der Waals surface area (Å²) in [5.41, 5.74) is 4.56. The topological polar surface area (TPSA) is 108 Å². The first-order chi connectivity index (χ1) is 6.42. The first-order valence-corrected chi connectivity index (χ1v) is 5.97. The average Bonchev–Trinajstić information content (AvgIpc) is 2.53. The van der Waals surface area contributed by atoms with Crippen molar-refractivity contribution in [2.24, 2.45) is 5.73 Å². The second-order valence-corrected chi connectivity index (χ2v) is 5.13. The van der Waals surface area contributed by atoms with Crippen LogP contribution in [0.2, 0.25) is 0 Å². The molecule has 14 heavy (non-hydrogen) atoms. The Kier molecular flexibility index (Phi) is 3.13. The van der Waals surface area contributed by atoms with Gasteiger partial charge in [0.1, 0.15) is 5.84 Å². The molecule has 0 spiro atoms. The second-order valence-electron chi connectivity index (χ2n) is 3.51. The van der Waals surface area contributed by atoms with Crippen molar-refractivity contribution in [3.63, 3.8) is 0 Å². The van der Waals surface area contributed by atoms with Gasteiger partial charge in [0.15, 0.2) is 0 Å². The fraction of sp³-hybridized carbons (Fsp3) is 0.857. The zero-order chi connectivity index (χ0) is 10.8. The van der Waals surface area contributed by atoms with E-state index in [4.69, 9.17) is 11.1 Å². The van der Waals surface area contributed by atoms with Crippen LogP contribution in [0.15, 0.2) is 0 Å². The van der Waals surface area contributed by atoms with Gasteiger partial charge in [-0.3, -0.25) is 5.41 Å². The average molecular weight is 220 g/mol. The van der Waals surface area contributed by atoms with Crippen molar-refractivity contribution >= 4 is 16.0 Å². The van der Waals surface area contributed by atoms with Gasteiger partial charge in [-0.1, -0.05) is 12.8 Å². The largest absolute Gasteiger partial charge is 0.386 e. The molecule has 82 valence electrons. The molecule has 1 aliphatic rings. The third-order valence-corrected chi connectivity index (χ3v) is 3.77. The molecule has 7 heteroatoms. The van der Waals surface area contributed by atoms with Crippen molar-refractivity contribution in [2.75, 3.05) is 7.05 Å². The van der Waals surface area contributed by atoms with Gasteiger partial charge in [0.25, 0.3) is 10.2 Å². The summed E-state index contributed by atoms with van der Waals surface area (Å²) in [6.07, 6.45) is 2.99. The molecule has 6 nitrogen and oxygen atoms in total. The van der Waals surface area contributed by atoms with Crippen LogP contribution in [0.25, 0.3) is 0 Å². The number of amidine groups is 1. The Balaban J connectivity index is 2.86. The minimum atomic E-state index is -3.53. The van der Waals surface area contributed by atoms with Gasteiger partial charge in [0.2, 0.25) is 0 Å². The maximum atomic E-state index is 11.3. The highest BCUT2D eigenvalue weighted by Gasteiger charge is 2.40. The van der Waals surface area contributed by atoms with E-state index in [-0.39, 0.29) is 5.84 Å². The van der Waals surface area contributed by atoms with Crippen molar-refractivity contribution in [2.45, 2.75) is 31.2 Å². The highest BCUT2D eigenvalue weighted by atomic mass is 32.2. The van der Waals surface area contributed by atoms with Gasteiger partial charge >= 0.3 is 0 Å². The van der Waals surface area contributed by atoms with Crippen molar-refractivity contribution in [3.05, 3.63) is 0 Å². The molecule has 0 amide bonds. The molecule has 0 aromatic rings. The SMILES string of the molecule is CNS(=O)(=O)NC1(C(=N)N)CCCC1. The van der Waals surface area contributed by atoms with E-state index >= 15 is 0 Å². The Labute approximate surface area is 83.9 Å². The highest BCUT2D eigenvalue weighted by molar-refractivity contribution is 7.87. The van der Waals surface area contributed by atoms with Crippen LogP contribution in [0.4, 0.5) is 0 Å². The molecule has 5 N–H and O–H groups in total. The van der Waals surface area contributed by atoms with E-state index in [1.54, 1.807) is 0 Å². The van der Waals surface area contributed by atoms with Crippen molar-refractivity contribution in [3.8, 4) is 0 Å². The summed E-state index contributed by atoms with van der Waals surface area (Å²) in [7, 11) is -2.20. The van der Waals surface area contributed by atoms with Crippen molar-refractivity contribution < 1.29 is 8.42 Å². The molecule has 0 aliphatic heterocycles. The number of hydrogen-bond donors (Lipinski definition) is 4. The molecule has 0 radical (unpaired) electrons. The maximum absolute atomic E-state index is 11.3. The van der Waals surface area contributed by atoms with Crippen LogP contribution in [0.5, 0.6) is 0 Å². The van der Waals surface area contributed by atoms with Gasteiger partial charge in [0.05, 0.1) is 5.54 Å². The summed E-state index contributed by atoms with van der Waals surface area (Å²) in [5, 5.41) is 7.42. The van der Waals surface area contributed by atoms with Crippen molar-refractivity contribution in [1.82, 2.24) is 9.44 Å². The van der Waals surface area contributed by atoms with Crippen molar-refractivity contribution in [1.29, 1.82) is 5.41 Å². The number of hydrogen-bond acceptors (Lipinski definition) is 3. The Morgan fingerprint density at radius 2 is 1.93 bits per heavy atom. The molecule has 0 atom stereocenters. The predicted octanol–water partition coefficient (Wildman–Crippen LogP) is -0.711. The molecule has 1 rings (SSSR count). The second kappa shape index (κ2) is 3.84. The van der Waals surface area contributed by atoms with E-state index in [0.717, 1.165) is 12.8 Å². The normalized spacial score (nSPS) is 20.9. The Hall–Kier alpha value is -0.660. The lowest BCUT2D eigenvalue weighted by atomic mass is 9.98. The third kappa shape index (κ3) is 2.23. The van der Waals surface area contributed by atoms with Crippen LogP contribution in [-0.2, 0) is 10.2 Å². The summed E-state index contributed by atoms with van der Waals surface area (Å²) < 4.78 is 27.2. The fourth-order valence-corrected chi connectivity index (χ4v) is 2.64. The quantitative estimate of drug-likeness (QED) is 0.371. The van der Waals surface area contributed by atoms with Crippen LogP contribution in [0, 0.1) is 5.41 Å². The molecule has 0 saturated heterocycles. The number of rotatable bonds is 4. The standard InChI is InChI=1S/C7H16N4O2S/c1-10-14(12,13)11-7(6(8)9)4-2-3-5-7/h10-11H,2-5H2,1H3,(H3,8,9). The fourth-order valence-electron chi connectivity index (χ4n) is 1.71. The van der Waals surface area contributed by atoms with Gasteiger partial charge in [0, 0.05) is 7.05 Å². The first kappa shape index (κ1) is 11.4. The van der Waals surface area contributed by atoms with Gasteiger partial charge in [-0.15, -0.1) is 0 Å². The molecule has 0 unspecified atom stereocenters. The van der Waals surface area contributed by atoms with Gasteiger partial charge in [-0.25, -0.2) is 4.72 Å². The number of nitrogens with two attached hydrogens (primary N) is 1. The molecule has 1 saturated carbocycles. The third-order valence-electron chi connectivity index (χ3n) is 2.57. The Morgan fingerprint density at radius 1 is 1.43 bits per heavy atom. The lowest BCUT2D eigenvalue weighted by Gasteiger charge is -2.27. The highest BCUT2D eigenvalue weighted by Crippen LogP contribution is 2.29. The van der Waals surface area contributed by atoms with Gasteiger partial charge < -0.3 is 5.73 Å². The predicted molar refractivity (Wildman–Crippen MR) is 54.2 cm³/mol. The Bertz CT molecular complexity index is 319. The molecular weight excluding hydrogens is 204 g/mol. The van der Waals surface area contributed by atoms with E-state index in [9.17, 15) is 8.42 Å². The van der Waals surface area contributed by atoms with E-state index < -0.39 is 15.7 Å².